The molecule has 0 amide bonds. The van der Waals surface area contributed by atoms with Gasteiger partial charge in [0.05, 0.1) is 18.2 Å². The highest BCUT2D eigenvalue weighted by Crippen LogP contribution is 2.62. The van der Waals surface area contributed by atoms with Crippen molar-refractivity contribution in [2.45, 2.75) is 57.5 Å². The van der Waals surface area contributed by atoms with Gasteiger partial charge in [-0.15, -0.1) is 0 Å². The van der Waals surface area contributed by atoms with E-state index in [4.69, 9.17) is 9.47 Å². The molecule has 198 valence electrons. The van der Waals surface area contributed by atoms with E-state index in [1.165, 1.54) is 50.2 Å². The summed E-state index contributed by atoms with van der Waals surface area (Å²) in [4.78, 5) is 11.7. The summed E-state index contributed by atoms with van der Waals surface area (Å²) in [7, 11) is 0. The Morgan fingerprint density at radius 2 is 1.69 bits per heavy atom. The van der Waals surface area contributed by atoms with Crippen LogP contribution in [0, 0.1) is 29.1 Å². The Morgan fingerprint density at radius 1 is 0.974 bits per heavy atom. The summed E-state index contributed by atoms with van der Waals surface area (Å²) in [5.41, 5.74) is 5.99. The summed E-state index contributed by atoms with van der Waals surface area (Å²) in [5, 5.41) is 10.0. The first-order valence-corrected chi connectivity index (χ1v) is 14.3. The van der Waals surface area contributed by atoms with Crippen LogP contribution in [0.3, 0.4) is 0 Å². The molecule has 4 saturated carbocycles. The minimum absolute atomic E-state index is 0.159. The molecule has 4 aliphatic rings. The monoisotopic (exact) mass is 517 g/mol. The fraction of sp³-hybridized carbons (Fsp3) is 0.371. The number of ether oxygens (including phenoxy) is 2. The van der Waals surface area contributed by atoms with Crippen molar-refractivity contribution in [2.75, 3.05) is 6.61 Å². The predicted molar refractivity (Wildman–Crippen MR) is 153 cm³/mol. The maximum atomic E-state index is 11.7. The average molecular weight is 518 g/mol. The van der Waals surface area contributed by atoms with Gasteiger partial charge in [-0.2, -0.15) is 5.26 Å². The quantitative estimate of drug-likeness (QED) is 0.225. The molecule has 4 aliphatic carbocycles. The molecule has 0 aliphatic heterocycles. The van der Waals surface area contributed by atoms with Crippen molar-refractivity contribution in [3.63, 3.8) is 0 Å². The van der Waals surface area contributed by atoms with Crippen LogP contribution in [0.15, 0.2) is 72.8 Å². The number of rotatable bonds is 8. The predicted octanol–water partition coefficient (Wildman–Crippen LogP) is 7.85. The zero-order valence-electron chi connectivity index (χ0n) is 22.6. The Bertz CT molecular complexity index is 1400. The van der Waals surface area contributed by atoms with Crippen molar-refractivity contribution in [3.05, 3.63) is 95.1 Å². The van der Waals surface area contributed by atoms with Crippen molar-refractivity contribution in [2.24, 2.45) is 17.8 Å². The number of esters is 1. The molecule has 0 heterocycles. The molecule has 4 fully saturated rings. The number of hydrogen-bond donors (Lipinski definition) is 0. The van der Waals surface area contributed by atoms with E-state index >= 15 is 0 Å². The topological polar surface area (TPSA) is 59.3 Å². The number of carbonyl (C=O) groups is 1. The third kappa shape index (κ3) is 5.23. The summed E-state index contributed by atoms with van der Waals surface area (Å²) in [6, 6.07) is 25.1. The minimum atomic E-state index is -0.383. The zero-order valence-corrected chi connectivity index (χ0v) is 22.6. The second kappa shape index (κ2) is 10.7. The van der Waals surface area contributed by atoms with Gasteiger partial charge in [0, 0.05) is 11.6 Å². The van der Waals surface area contributed by atoms with Gasteiger partial charge in [0.25, 0.3) is 0 Å². The van der Waals surface area contributed by atoms with Crippen LogP contribution < -0.4 is 4.74 Å². The van der Waals surface area contributed by atoms with E-state index in [9.17, 15) is 10.1 Å². The van der Waals surface area contributed by atoms with E-state index in [1.807, 2.05) is 24.3 Å². The molecule has 4 bridgehead atoms. The average Bonchev–Trinajstić information content (AvgIpc) is 2.95. The lowest BCUT2D eigenvalue weighted by atomic mass is 9.48. The SMILES string of the molecule is CCOC(=O)/C=C/c1ccc(-c2ccc(OCc3ccccc3)c(C34CC5CC(CC(C5)C3)C4)c2)c(C#N)c1. The first-order chi connectivity index (χ1) is 19.0. The lowest BCUT2D eigenvalue weighted by Crippen LogP contribution is -2.48. The van der Waals surface area contributed by atoms with Crippen LogP contribution in [0.4, 0.5) is 0 Å². The van der Waals surface area contributed by atoms with Crippen LogP contribution in [0.2, 0.25) is 0 Å². The Labute approximate surface area is 231 Å². The minimum Gasteiger partial charge on any atom is -0.489 e. The van der Waals surface area contributed by atoms with Gasteiger partial charge in [-0.1, -0.05) is 48.5 Å². The maximum Gasteiger partial charge on any atom is 0.330 e. The summed E-state index contributed by atoms with van der Waals surface area (Å²) in [6.45, 7) is 2.66. The van der Waals surface area contributed by atoms with E-state index in [-0.39, 0.29) is 11.4 Å². The zero-order chi connectivity index (χ0) is 26.8. The van der Waals surface area contributed by atoms with Crippen molar-refractivity contribution in [1.82, 2.24) is 0 Å². The Balaban J connectivity index is 1.36. The van der Waals surface area contributed by atoms with Gasteiger partial charge < -0.3 is 9.47 Å². The van der Waals surface area contributed by atoms with Crippen LogP contribution in [-0.4, -0.2) is 12.6 Å². The molecule has 0 aromatic heterocycles. The van der Waals surface area contributed by atoms with Crippen LogP contribution in [0.25, 0.3) is 17.2 Å². The molecule has 4 heteroatoms. The Hall–Kier alpha value is -3.84. The smallest absolute Gasteiger partial charge is 0.330 e. The summed E-state index contributed by atoms with van der Waals surface area (Å²) in [6.07, 6.45) is 11.0. The highest BCUT2D eigenvalue weighted by molar-refractivity contribution is 5.87. The third-order valence-corrected chi connectivity index (χ3v) is 9.00. The van der Waals surface area contributed by atoms with E-state index in [1.54, 1.807) is 13.0 Å². The van der Waals surface area contributed by atoms with Crippen LogP contribution in [0.5, 0.6) is 5.75 Å². The largest absolute Gasteiger partial charge is 0.489 e. The third-order valence-electron chi connectivity index (χ3n) is 9.00. The summed E-state index contributed by atoms with van der Waals surface area (Å²) in [5.74, 6) is 3.06. The van der Waals surface area contributed by atoms with Crippen LogP contribution in [0.1, 0.15) is 67.7 Å². The molecule has 4 nitrogen and oxygen atoms in total. The Morgan fingerprint density at radius 3 is 2.36 bits per heavy atom. The van der Waals surface area contributed by atoms with Gasteiger partial charge in [-0.05, 0) is 115 Å². The normalized spacial score (nSPS) is 25.0. The molecule has 0 spiro atoms. The van der Waals surface area contributed by atoms with Crippen molar-refractivity contribution >= 4 is 12.0 Å². The highest BCUT2D eigenvalue weighted by Gasteiger charge is 2.52. The van der Waals surface area contributed by atoms with Gasteiger partial charge in [0.15, 0.2) is 0 Å². The highest BCUT2D eigenvalue weighted by atomic mass is 16.5. The lowest BCUT2D eigenvalue weighted by molar-refractivity contribution is -0.137. The molecule has 3 aromatic carbocycles. The number of benzene rings is 3. The molecule has 0 saturated heterocycles. The molecular formula is C35H35NO3. The molecule has 0 unspecified atom stereocenters. The van der Waals surface area contributed by atoms with Gasteiger partial charge in [-0.3, -0.25) is 0 Å². The van der Waals surface area contributed by atoms with Crippen molar-refractivity contribution in [1.29, 1.82) is 5.26 Å². The standard InChI is InChI=1S/C35H35NO3/c1-2-38-34(37)13-9-24-8-11-31(30(17-24)22-36)29-10-12-33(39-23-25-6-4-3-5-7-25)32(18-29)35-19-26-14-27(20-35)16-28(15-26)21-35/h3-13,17-18,26-28H,2,14-16,19-21,23H2,1H3/b13-9+. The van der Waals surface area contributed by atoms with Gasteiger partial charge in [-0.25, -0.2) is 4.79 Å². The fourth-order valence-electron chi connectivity index (χ4n) is 7.78. The number of nitriles is 1. The maximum absolute atomic E-state index is 11.7. The first kappa shape index (κ1) is 25.4. The van der Waals surface area contributed by atoms with Crippen LogP contribution in [-0.2, 0) is 21.6 Å². The molecule has 0 atom stereocenters. The van der Waals surface area contributed by atoms with Gasteiger partial charge >= 0.3 is 5.97 Å². The summed E-state index contributed by atoms with van der Waals surface area (Å²) >= 11 is 0. The molecular weight excluding hydrogens is 482 g/mol. The summed E-state index contributed by atoms with van der Waals surface area (Å²) < 4.78 is 11.5. The molecule has 7 rings (SSSR count). The van der Waals surface area contributed by atoms with E-state index in [0.717, 1.165) is 45.8 Å². The van der Waals surface area contributed by atoms with Crippen molar-refractivity contribution in [3.8, 4) is 22.9 Å². The van der Waals surface area contributed by atoms with E-state index < -0.39 is 0 Å². The van der Waals surface area contributed by atoms with E-state index in [2.05, 4.69) is 48.5 Å². The van der Waals surface area contributed by atoms with Gasteiger partial charge in [0.1, 0.15) is 12.4 Å². The second-order valence-electron chi connectivity index (χ2n) is 11.7. The van der Waals surface area contributed by atoms with Crippen LogP contribution >= 0.6 is 0 Å². The van der Waals surface area contributed by atoms with Crippen molar-refractivity contribution < 1.29 is 14.3 Å². The Kier molecular flexibility index (Phi) is 7.00. The molecule has 0 N–H and O–H groups in total. The molecule has 0 radical (unpaired) electrons. The second-order valence-corrected chi connectivity index (χ2v) is 11.7. The fourth-order valence-corrected chi connectivity index (χ4v) is 7.78. The van der Waals surface area contributed by atoms with E-state index in [0.29, 0.717) is 18.8 Å². The molecule has 39 heavy (non-hydrogen) atoms. The first-order valence-electron chi connectivity index (χ1n) is 14.3. The number of carbonyl (C=O) groups excluding carboxylic acids is 1. The van der Waals surface area contributed by atoms with Gasteiger partial charge in [0.2, 0.25) is 0 Å². The molecule has 3 aromatic rings. The number of nitrogens with zero attached hydrogens (tertiary/aromatic N) is 1. The lowest BCUT2D eigenvalue weighted by Gasteiger charge is -2.57. The number of hydrogen-bond acceptors (Lipinski definition) is 4.